The predicted molar refractivity (Wildman–Crippen MR) is 149 cm³/mol. The van der Waals surface area contributed by atoms with Crippen LogP contribution in [0.2, 0.25) is 0 Å². The number of aliphatic hydroxyl groups is 1. The maximum absolute atomic E-state index is 10.5. The molecule has 204 valence electrons. The summed E-state index contributed by atoms with van der Waals surface area (Å²) < 4.78 is 6.78. The van der Waals surface area contributed by atoms with Gasteiger partial charge in [-0.25, -0.2) is 0 Å². The van der Waals surface area contributed by atoms with Crippen LogP contribution in [0.3, 0.4) is 0 Å². The van der Waals surface area contributed by atoms with Gasteiger partial charge in [0, 0.05) is 0 Å². The van der Waals surface area contributed by atoms with Crippen molar-refractivity contribution >= 4 is 28.8 Å². The number of aliphatic hydroxyl groups excluding tert-OH is 1. The van der Waals surface area contributed by atoms with E-state index in [4.69, 9.17) is 4.74 Å². The highest BCUT2D eigenvalue weighted by Crippen LogP contribution is 2.24. The molecule has 7 heteroatoms. The van der Waals surface area contributed by atoms with E-state index in [1.54, 1.807) is 18.2 Å². The van der Waals surface area contributed by atoms with Gasteiger partial charge in [-0.3, -0.25) is 0 Å². The third-order valence-corrected chi connectivity index (χ3v) is 6.70. The number of likely N-dealkylation sites (tertiary alicyclic amines) is 1. The number of carbonyl (C=O) groups is 1. The van der Waals surface area contributed by atoms with Gasteiger partial charge >= 0.3 is 0 Å². The maximum Gasteiger partial charge on any atom is 0.142 e. The fourth-order valence-corrected chi connectivity index (χ4v) is 4.70. The number of hydrogen-bond donors (Lipinski definition) is 2. The monoisotopic (exact) mass is 558 g/mol. The first-order chi connectivity index (χ1) is 16.6. The number of para-hydroxylation sites is 2. The van der Waals surface area contributed by atoms with Gasteiger partial charge in [0.15, 0.2) is 0 Å². The third kappa shape index (κ3) is 16.1. The lowest BCUT2D eigenvalue weighted by atomic mass is 10.1. The van der Waals surface area contributed by atoms with Gasteiger partial charge in [-0.15, -0.1) is 17.0 Å². The minimum atomic E-state index is -1.33. The highest BCUT2D eigenvalue weighted by atomic mass is 79.9. The van der Waals surface area contributed by atoms with Crippen molar-refractivity contribution in [3.05, 3.63) is 24.3 Å². The molecule has 1 amide bonds. The Morgan fingerprint density at radius 1 is 0.914 bits per heavy atom. The van der Waals surface area contributed by atoms with Crippen LogP contribution in [-0.4, -0.2) is 55.1 Å². The van der Waals surface area contributed by atoms with E-state index < -0.39 is 6.09 Å². The van der Waals surface area contributed by atoms with Crippen LogP contribution in [-0.2, 0) is 0 Å². The first-order valence-corrected chi connectivity index (χ1v) is 13.7. The molecule has 0 spiro atoms. The lowest BCUT2D eigenvalue weighted by molar-refractivity contribution is -0.932. The number of piperidine rings is 1. The van der Waals surface area contributed by atoms with Crippen molar-refractivity contribution in [2.24, 2.45) is 0 Å². The smallest absolute Gasteiger partial charge is 0.142 e. The van der Waals surface area contributed by atoms with Crippen LogP contribution in [0.4, 0.5) is 10.5 Å². The molecule has 0 aromatic heterocycles. The molecule has 0 bridgehead atoms. The number of rotatable bonds is 16. The zero-order valence-electron chi connectivity index (χ0n) is 22.3. The Bertz CT molecular complexity index is 634. The average molecular weight is 560 g/mol. The van der Waals surface area contributed by atoms with Gasteiger partial charge < -0.3 is 29.5 Å². The largest absolute Gasteiger partial charge is 0.530 e. The van der Waals surface area contributed by atoms with Crippen molar-refractivity contribution in [1.82, 2.24) is 0 Å². The second-order valence-corrected chi connectivity index (χ2v) is 9.61. The van der Waals surface area contributed by atoms with Gasteiger partial charge in [0.1, 0.15) is 18.4 Å². The molecular formula is C28H51BrN2O4. The second-order valence-electron chi connectivity index (χ2n) is 9.61. The predicted octanol–water partition coefficient (Wildman–Crippen LogP) is 6.32. The fraction of sp³-hybridized carbons (Fsp3) is 0.750. The number of halogens is 1. The summed E-state index contributed by atoms with van der Waals surface area (Å²) in [5.41, 5.74) is 0.436. The summed E-state index contributed by atoms with van der Waals surface area (Å²) >= 11 is 0. The summed E-state index contributed by atoms with van der Waals surface area (Å²) in [5, 5.41) is 21.9. The van der Waals surface area contributed by atoms with Crippen LogP contribution in [0.5, 0.6) is 5.75 Å². The lowest BCUT2D eigenvalue weighted by Gasteiger charge is -2.41. The molecule has 1 fully saturated rings. The van der Waals surface area contributed by atoms with Crippen molar-refractivity contribution in [3.8, 4) is 5.75 Å². The van der Waals surface area contributed by atoms with E-state index >= 15 is 0 Å². The maximum atomic E-state index is 10.5. The van der Waals surface area contributed by atoms with Crippen molar-refractivity contribution in [2.45, 2.75) is 97.3 Å². The number of benzene rings is 1. The number of carboxylic acid groups (broad SMARTS) is 1. The summed E-state index contributed by atoms with van der Waals surface area (Å²) in [7, 11) is 0. The molecule has 1 aromatic carbocycles. The van der Waals surface area contributed by atoms with Crippen LogP contribution in [0, 0.1) is 0 Å². The topological polar surface area (TPSA) is 81.6 Å². The molecule has 0 radical (unpaired) electrons. The van der Waals surface area contributed by atoms with E-state index in [0.717, 1.165) is 19.4 Å². The summed E-state index contributed by atoms with van der Waals surface area (Å²) in [6.45, 7) is 10.4. The molecule has 0 aliphatic carbocycles. The van der Waals surface area contributed by atoms with E-state index in [2.05, 4.69) is 19.2 Å². The Balaban J connectivity index is 0.000000646. The number of nitrogens with one attached hydrogen (secondary N) is 1. The number of anilines is 1. The lowest BCUT2D eigenvalue weighted by Crippen LogP contribution is -2.53. The number of hydrogen-bond acceptors (Lipinski definition) is 4. The number of unbranched alkanes of at least 4 members (excludes halogenated alkanes) is 8. The quantitative estimate of drug-likeness (QED) is 0.184. The summed E-state index contributed by atoms with van der Waals surface area (Å²) in [6.07, 6.45) is 15.5. The Hall–Kier alpha value is -1.31. The van der Waals surface area contributed by atoms with Crippen molar-refractivity contribution in [2.75, 3.05) is 44.7 Å². The number of ether oxygens (including phenoxy) is 1. The van der Waals surface area contributed by atoms with E-state index in [1.807, 2.05) is 6.07 Å². The number of amides is 1. The van der Waals surface area contributed by atoms with Gasteiger partial charge in [0.05, 0.1) is 38.5 Å². The van der Waals surface area contributed by atoms with Gasteiger partial charge in [0.25, 0.3) is 0 Å². The molecule has 2 N–H and O–H groups in total. The third-order valence-electron chi connectivity index (χ3n) is 6.70. The van der Waals surface area contributed by atoms with Crippen molar-refractivity contribution in [3.63, 3.8) is 0 Å². The second kappa shape index (κ2) is 21.9. The highest BCUT2D eigenvalue weighted by molar-refractivity contribution is 8.93. The average Bonchev–Trinajstić information content (AvgIpc) is 2.83. The van der Waals surface area contributed by atoms with Crippen LogP contribution < -0.4 is 15.2 Å². The molecule has 6 nitrogen and oxygen atoms in total. The molecule has 1 aliphatic heterocycles. The van der Waals surface area contributed by atoms with Crippen LogP contribution in [0.25, 0.3) is 0 Å². The highest BCUT2D eigenvalue weighted by Gasteiger charge is 2.28. The van der Waals surface area contributed by atoms with Gasteiger partial charge in [-0.05, 0) is 50.7 Å². The van der Waals surface area contributed by atoms with E-state index in [-0.39, 0.29) is 17.0 Å². The zero-order valence-corrected chi connectivity index (χ0v) is 24.0. The van der Waals surface area contributed by atoms with Crippen molar-refractivity contribution in [1.29, 1.82) is 0 Å². The van der Waals surface area contributed by atoms with E-state index in [0.29, 0.717) is 24.7 Å². The van der Waals surface area contributed by atoms with E-state index in [1.165, 1.54) is 94.7 Å². The van der Waals surface area contributed by atoms with Crippen molar-refractivity contribution < 1.29 is 24.2 Å². The molecule has 35 heavy (non-hydrogen) atoms. The normalized spacial score (nSPS) is 14.3. The molecule has 0 saturated carbocycles. The molecule has 1 aromatic rings. The number of nitrogens with zero attached hydrogens (tertiary/aromatic N) is 1. The number of quaternary nitrogens is 1. The summed E-state index contributed by atoms with van der Waals surface area (Å²) in [5.74, 6) is 0.553. The first-order valence-electron chi connectivity index (χ1n) is 13.7. The Morgan fingerprint density at radius 2 is 1.51 bits per heavy atom. The summed E-state index contributed by atoms with van der Waals surface area (Å²) in [4.78, 5) is 10.5. The zero-order chi connectivity index (χ0) is 24.9. The molecule has 2 rings (SSSR count). The van der Waals surface area contributed by atoms with Gasteiger partial charge in [-0.1, -0.05) is 70.9 Å². The minimum absolute atomic E-state index is 0. The van der Waals surface area contributed by atoms with Gasteiger partial charge in [0.2, 0.25) is 0 Å². The minimum Gasteiger partial charge on any atom is -0.530 e. The number of carbonyl (C=O) groups excluding carboxylic acids is 1. The first kappa shape index (κ1) is 33.7. The Labute approximate surface area is 224 Å². The van der Waals surface area contributed by atoms with Crippen LogP contribution >= 0.6 is 17.0 Å². The van der Waals surface area contributed by atoms with Crippen LogP contribution in [0.15, 0.2) is 24.3 Å². The van der Waals surface area contributed by atoms with E-state index in [9.17, 15) is 15.0 Å². The standard InChI is InChI=1S/C14H21NO3.C14H30NO.BrH/c1-2-3-4-5-8-11-18-13-10-7-6-9-12(13)15-14(16)17;1-2-3-4-5-7-10-15(13-14-16)11-8-6-9-12-15;/h6-7,9-10,15H,2-5,8,11H2,1H3,(H,16,17);16H,2-14H2,1H3;1H/q;+1;/p-1. The molecule has 0 unspecified atom stereocenters. The SMILES string of the molecule is Br.CCCCCCCOc1ccccc1NC(=O)[O-].CCCCCCC[N+]1(CCO)CCCCC1. The Kier molecular flexibility index (Phi) is 21.1. The summed E-state index contributed by atoms with van der Waals surface area (Å²) in [6, 6.07) is 6.96. The van der Waals surface area contributed by atoms with Gasteiger partial charge in [-0.2, -0.15) is 0 Å². The molecule has 1 saturated heterocycles. The fourth-order valence-electron chi connectivity index (χ4n) is 4.70. The Morgan fingerprint density at radius 3 is 2.11 bits per heavy atom. The molecular weight excluding hydrogens is 508 g/mol. The molecule has 0 atom stereocenters. The molecule has 1 heterocycles. The molecule has 1 aliphatic rings. The van der Waals surface area contributed by atoms with Crippen LogP contribution in [0.1, 0.15) is 97.3 Å².